The van der Waals surface area contributed by atoms with Gasteiger partial charge in [0.1, 0.15) is 12.0 Å². The molecule has 2 unspecified atom stereocenters. The van der Waals surface area contributed by atoms with E-state index in [1.54, 1.807) is 6.92 Å². The Labute approximate surface area is 71.1 Å². The third-order valence-corrected chi connectivity index (χ3v) is 1.75. The zero-order valence-electron chi connectivity index (χ0n) is 6.95. The molecule has 0 radical (unpaired) electrons. The summed E-state index contributed by atoms with van der Waals surface area (Å²) >= 11 is 0. The normalized spacial score (nSPS) is 25.8. The minimum absolute atomic E-state index is 0.183. The lowest BCUT2D eigenvalue weighted by Crippen LogP contribution is -2.37. The monoisotopic (exact) mass is 169 g/mol. The molecule has 1 fully saturated rings. The van der Waals surface area contributed by atoms with Crippen LogP contribution in [0.4, 0.5) is 0 Å². The summed E-state index contributed by atoms with van der Waals surface area (Å²) in [4.78, 5) is 11.3. The highest BCUT2D eigenvalue weighted by Crippen LogP contribution is 2.07. The van der Waals surface area contributed by atoms with Crippen LogP contribution < -0.4 is 0 Å². The maximum atomic E-state index is 11.3. The summed E-state index contributed by atoms with van der Waals surface area (Å²) in [5, 5.41) is 8.47. The number of ether oxygens (including phenoxy) is 2. The Kier molecular flexibility index (Phi) is 3.20. The van der Waals surface area contributed by atoms with E-state index in [9.17, 15) is 4.79 Å². The van der Waals surface area contributed by atoms with E-state index in [4.69, 9.17) is 14.7 Å². The van der Waals surface area contributed by atoms with Crippen LogP contribution in [-0.4, -0.2) is 31.7 Å². The van der Waals surface area contributed by atoms with Gasteiger partial charge < -0.3 is 9.47 Å². The number of nitrogens with zero attached hydrogens (tertiary/aromatic N) is 1. The lowest BCUT2D eigenvalue weighted by molar-refractivity contribution is -0.147. The van der Waals surface area contributed by atoms with Crippen molar-refractivity contribution >= 4 is 5.78 Å². The predicted molar refractivity (Wildman–Crippen MR) is 40.3 cm³/mol. The van der Waals surface area contributed by atoms with Gasteiger partial charge in [-0.05, 0) is 6.92 Å². The SMILES string of the molecule is CC(C#N)C(=O)C1COCCO1. The molecule has 12 heavy (non-hydrogen) atoms. The van der Waals surface area contributed by atoms with Gasteiger partial charge in [0.15, 0.2) is 5.78 Å². The van der Waals surface area contributed by atoms with Crippen LogP contribution in [0, 0.1) is 17.2 Å². The van der Waals surface area contributed by atoms with E-state index in [1.807, 2.05) is 6.07 Å². The van der Waals surface area contributed by atoms with Crippen LogP contribution in [0.15, 0.2) is 0 Å². The van der Waals surface area contributed by atoms with Gasteiger partial charge in [-0.3, -0.25) is 4.79 Å². The van der Waals surface area contributed by atoms with Crippen LogP contribution in [-0.2, 0) is 14.3 Å². The fourth-order valence-electron chi connectivity index (χ4n) is 0.995. The molecule has 0 saturated carbocycles. The predicted octanol–water partition coefficient (Wildman–Crippen LogP) is 0.131. The van der Waals surface area contributed by atoms with Gasteiger partial charge in [0, 0.05) is 0 Å². The molecule has 1 aliphatic heterocycles. The molecule has 0 amide bonds. The van der Waals surface area contributed by atoms with Crippen LogP contribution in [0.3, 0.4) is 0 Å². The van der Waals surface area contributed by atoms with Crippen LogP contribution in [0.2, 0.25) is 0 Å². The van der Waals surface area contributed by atoms with Crippen molar-refractivity contribution in [3.63, 3.8) is 0 Å². The van der Waals surface area contributed by atoms with Crippen LogP contribution in [0.25, 0.3) is 0 Å². The second-order valence-electron chi connectivity index (χ2n) is 2.69. The molecule has 1 heterocycles. The molecule has 0 spiro atoms. The van der Waals surface area contributed by atoms with Gasteiger partial charge in [-0.1, -0.05) is 0 Å². The highest BCUT2D eigenvalue weighted by Gasteiger charge is 2.26. The van der Waals surface area contributed by atoms with Crippen LogP contribution >= 0.6 is 0 Å². The number of carbonyl (C=O) groups excluding carboxylic acids is 1. The molecule has 0 bridgehead atoms. The molecule has 0 aromatic rings. The molecule has 0 N–H and O–H groups in total. The summed E-state index contributed by atoms with van der Waals surface area (Å²) in [6, 6.07) is 1.88. The maximum Gasteiger partial charge on any atom is 0.180 e. The van der Waals surface area contributed by atoms with E-state index in [0.29, 0.717) is 13.2 Å². The number of nitriles is 1. The van der Waals surface area contributed by atoms with Crippen molar-refractivity contribution in [3.05, 3.63) is 0 Å². The number of rotatable bonds is 2. The van der Waals surface area contributed by atoms with Gasteiger partial charge in [0.2, 0.25) is 0 Å². The smallest absolute Gasteiger partial charge is 0.180 e. The van der Waals surface area contributed by atoms with Crippen LogP contribution in [0.5, 0.6) is 0 Å². The zero-order chi connectivity index (χ0) is 8.97. The van der Waals surface area contributed by atoms with E-state index in [2.05, 4.69) is 0 Å². The molecule has 1 rings (SSSR count). The van der Waals surface area contributed by atoms with Crippen molar-refractivity contribution in [2.45, 2.75) is 13.0 Å². The molecule has 4 heteroatoms. The lowest BCUT2D eigenvalue weighted by atomic mass is 10.0. The number of hydrogen-bond donors (Lipinski definition) is 0. The average Bonchev–Trinajstić information content (AvgIpc) is 2.17. The molecule has 2 atom stereocenters. The molecule has 0 aliphatic carbocycles. The third-order valence-electron chi connectivity index (χ3n) is 1.75. The highest BCUT2D eigenvalue weighted by molar-refractivity contribution is 5.87. The Balaban J connectivity index is 2.46. The Morgan fingerprint density at radius 3 is 2.92 bits per heavy atom. The number of hydrogen-bond acceptors (Lipinski definition) is 4. The van der Waals surface area contributed by atoms with Crippen molar-refractivity contribution in [1.29, 1.82) is 5.26 Å². The van der Waals surface area contributed by atoms with Crippen molar-refractivity contribution in [3.8, 4) is 6.07 Å². The van der Waals surface area contributed by atoms with Crippen molar-refractivity contribution in [2.75, 3.05) is 19.8 Å². The van der Waals surface area contributed by atoms with Gasteiger partial charge in [-0.15, -0.1) is 0 Å². The lowest BCUT2D eigenvalue weighted by Gasteiger charge is -2.22. The number of ketones is 1. The summed E-state index contributed by atoms with van der Waals surface area (Å²) in [5.74, 6) is -0.783. The molecule has 0 aromatic carbocycles. The van der Waals surface area contributed by atoms with Gasteiger partial charge >= 0.3 is 0 Å². The summed E-state index contributed by atoms with van der Waals surface area (Å²) in [6.07, 6.45) is -0.534. The van der Waals surface area contributed by atoms with E-state index in [1.165, 1.54) is 0 Å². The van der Waals surface area contributed by atoms with E-state index >= 15 is 0 Å². The Morgan fingerprint density at radius 1 is 1.67 bits per heavy atom. The molecule has 0 aromatic heterocycles. The molecular formula is C8H11NO3. The fourth-order valence-corrected chi connectivity index (χ4v) is 0.995. The van der Waals surface area contributed by atoms with E-state index < -0.39 is 12.0 Å². The second kappa shape index (κ2) is 4.19. The summed E-state index contributed by atoms with van der Waals surface area (Å²) in [5.41, 5.74) is 0. The molecule has 66 valence electrons. The van der Waals surface area contributed by atoms with E-state index in [0.717, 1.165) is 0 Å². The molecule has 4 nitrogen and oxygen atoms in total. The minimum atomic E-state index is -0.600. The average molecular weight is 169 g/mol. The van der Waals surface area contributed by atoms with Gasteiger partial charge in [0.25, 0.3) is 0 Å². The molecular weight excluding hydrogens is 158 g/mol. The first-order chi connectivity index (χ1) is 5.75. The van der Waals surface area contributed by atoms with Crippen LogP contribution in [0.1, 0.15) is 6.92 Å². The molecule has 1 saturated heterocycles. The van der Waals surface area contributed by atoms with Crippen molar-refractivity contribution < 1.29 is 14.3 Å². The largest absolute Gasteiger partial charge is 0.376 e. The van der Waals surface area contributed by atoms with Gasteiger partial charge in [-0.2, -0.15) is 5.26 Å². The van der Waals surface area contributed by atoms with Gasteiger partial charge in [0.05, 0.1) is 25.9 Å². The fraction of sp³-hybridized carbons (Fsp3) is 0.750. The highest BCUT2D eigenvalue weighted by atomic mass is 16.6. The summed E-state index contributed by atoms with van der Waals surface area (Å²) in [7, 11) is 0. The Morgan fingerprint density at radius 2 is 2.42 bits per heavy atom. The zero-order valence-corrected chi connectivity index (χ0v) is 6.95. The quantitative estimate of drug-likeness (QED) is 0.589. The summed E-state index contributed by atoms with van der Waals surface area (Å²) < 4.78 is 10.2. The first-order valence-corrected chi connectivity index (χ1v) is 3.88. The topological polar surface area (TPSA) is 59.3 Å². The first-order valence-electron chi connectivity index (χ1n) is 3.88. The van der Waals surface area contributed by atoms with Crippen molar-refractivity contribution in [2.24, 2.45) is 5.92 Å². The first kappa shape index (κ1) is 9.17. The number of Topliss-reactive ketones (excluding diaryl/α,β-unsaturated/α-hetero) is 1. The summed E-state index contributed by atoms with van der Waals surface area (Å²) in [6.45, 7) is 2.82. The van der Waals surface area contributed by atoms with Gasteiger partial charge in [-0.25, -0.2) is 0 Å². The Bertz CT molecular complexity index is 203. The maximum absolute atomic E-state index is 11.3. The second-order valence-corrected chi connectivity index (χ2v) is 2.69. The Hall–Kier alpha value is -0.920. The third kappa shape index (κ3) is 2.03. The molecule has 1 aliphatic rings. The minimum Gasteiger partial charge on any atom is -0.376 e. The number of carbonyl (C=O) groups is 1. The van der Waals surface area contributed by atoms with E-state index in [-0.39, 0.29) is 12.4 Å². The van der Waals surface area contributed by atoms with Crippen molar-refractivity contribution in [1.82, 2.24) is 0 Å². The standard InChI is InChI=1S/C8H11NO3/c1-6(4-9)8(10)7-5-11-2-3-12-7/h6-7H,2-3,5H2,1H3.